The Labute approximate surface area is 225 Å². The van der Waals surface area contributed by atoms with Crippen LogP contribution in [0.1, 0.15) is 5.56 Å². The second kappa shape index (κ2) is 8.88. The van der Waals surface area contributed by atoms with E-state index in [-0.39, 0.29) is 0 Å². The normalized spacial score (nSPS) is 13.9. The van der Waals surface area contributed by atoms with E-state index in [4.69, 9.17) is 4.98 Å². The number of hydrogen-bond donors (Lipinski definition) is 0. The number of allylic oxidation sites excluding steroid dienone is 2. The van der Waals surface area contributed by atoms with Crippen LogP contribution in [0, 0.1) is 0 Å². The number of benzene rings is 1. The Balaban J connectivity index is 0.000000200. The minimum Gasteiger partial charge on any atom is -0.544 e. The number of carboxylic acids is 1. The lowest BCUT2D eigenvalue weighted by Crippen LogP contribution is -2.60. The molecule has 0 saturated carbocycles. The predicted octanol–water partition coefficient (Wildman–Crippen LogP) is 4.71. The third-order valence-electron chi connectivity index (χ3n) is 7.04. The fraction of sp³-hybridized carbons (Fsp3) is 0.138. The van der Waals surface area contributed by atoms with Crippen LogP contribution in [0.3, 0.4) is 0 Å². The van der Waals surface area contributed by atoms with Crippen molar-refractivity contribution in [2.45, 2.75) is 24.4 Å². The van der Waals surface area contributed by atoms with Crippen LogP contribution in [0.25, 0.3) is 49.8 Å². The number of carbonyl (C=O) groups is 1. The molecule has 0 saturated heterocycles. The average Bonchev–Trinajstić information content (AvgIpc) is 3.50. The standard InChI is InChI=1S/C25H16N3.C4HF7O2/c1-3-7-22-16(5-1)13-24-18-15-19-21(26-20(18)9-11-27(22)24)10-12-28-23-8-4-2-6-17(23)14-25(19)28;5-2(6,1(12)13)3(7,8)4(9,10)11/h1-5,7-15H,6H2;(H,12,13)/q+1;/p-1. The van der Waals surface area contributed by atoms with Gasteiger partial charge in [-0.25, -0.2) is 4.98 Å². The van der Waals surface area contributed by atoms with E-state index < -0.39 is 24.0 Å². The molecule has 1 aliphatic rings. The van der Waals surface area contributed by atoms with Crippen molar-refractivity contribution in [1.82, 2.24) is 9.38 Å². The Morgan fingerprint density at radius 2 is 1.63 bits per heavy atom. The second-order valence-electron chi connectivity index (χ2n) is 9.49. The number of fused-ring (bicyclic) bond motifs is 10. The van der Waals surface area contributed by atoms with Gasteiger partial charge in [0.2, 0.25) is 11.0 Å². The van der Waals surface area contributed by atoms with Gasteiger partial charge in [0.15, 0.2) is 6.20 Å². The topological polar surface area (TPSA) is 61.5 Å². The zero-order chi connectivity index (χ0) is 29.3. The summed E-state index contributed by atoms with van der Waals surface area (Å²) in [5.41, 5.74) is 7.13. The average molecular weight is 571 g/mol. The smallest absolute Gasteiger partial charge is 0.460 e. The lowest BCUT2D eigenvalue weighted by atomic mass is 10.1. The first kappa shape index (κ1) is 26.5. The number of aromatic nitrogens is 3. The molecule has 0 bridgehead atoms. The maximum Gasteiger partial charge on any atom is 0.460 e. The van der Waals surface area contributed by atoms with Gasteiger partial charge in [-0.1, -0.05) is 24.3 Å². The number of pyridine rings is 3. The highest BCUT2D eigenvalue weighted by atomic mass is 19.4. The van der Waals surface area contributed by atoms with Gasteiger partial charge >= 0.3 is 18.0 Å². The highest BCUT2D eigenvalue weighted by molar-refractivity contribution is 6.06. The van der Waals surface area contributed by atoms with E-state index in [0.29, 0.717) is 0 Å². The molecule has 6 aromatic rings. The van der Waals surface area contributed by atoms with Crippen molar-refractivity contribution < 1.29 is 45.0 Å². The fourth-order valence-electron chi connectivity index (χ4n) is 5.01. The second-order valence-corrected chi connectivity index (χ2v) is 9.49. The largest absolute Gasteiger partial charge is 0.544 e. The molecular weight excluding hydrogens is 555 g/mol. The Morgan fingerprint density at radius 1 is 0.902 bits per heavy atom. The van der Waals surface area contributed by atoms with E-state index in [1.54, 1.807) is 0 Å². The molecule has 0 spiro atoms. The summed E-state index contributed by atoms with van der Waals surface area (Å²) in [5.74, 6) is -16.7. The van der Waals surface area contributed by atoms with Crippen molar-refractivity contribution in [3.63, 3.8) is 0 Å². The van der Waals surface area contributed by atoms with Gasteiger partial charge in [0, 0.05) is 35.1 Å². The number of alkyl halides is 7. The molecule has 0 atom stereocenters. The van der Waals surface area contributed by atoms with Crippen LogP contribution in [0.15, 0.2) is 79.1 Å². The molecule has 5 aromatic heterocycles. The van der Waals surface area contributed by atoms with Gasteiger partial charge in [-0.3, -0.25) is 0 Å². The Hall–Kier alpha value is -4.74. The fourth-order valence-corrected chi connectivity index (χ4v) is 5.01. The van der Waals surface area contributed by atoms with Crippen molar-refractivity contribution in [2.24, 2.45) is 0 Å². The maximum atomic E-state index is 11.7. The van der Waals surface area contributed by atoms with Gasteiger partial charge in [0.05, 0.1) is 27.3 Å². The number of halogens is 7. The molecule has 208 valence electrons. The van der Waals surface area contributed by atoms with E-state index in [0.717, 1.165) is 17.5 Å². The van der Waals surface area contributed by atoms with Gasteiger partial charge in [-0.15, -0.1) is 0 Å². The lowest BCUT2D eigenvalue weighted by Gasteiger charge is -2.28. The summed E-state index contributed by atoms with van der Waals surface area (Å²) in [6.45, 7) is 0. The number of para-hydroxylation sites is 1. The Bertz CT molecular complexity index is 2110. The molecule has 0 unspecified atom stereocenters. The molecule has 0 amide bonds. The van der Waals surface area contributed by atoms with Gasteiger partial charge in [-0.05, 0) is 42.3 Å². The quantitative estimate of drug-likeness (QED) is 0.172. The third kappa shape index (κ3) is 3.96. The number of aliphatic carboxylic acids is 1. The van der Waals surface area contributed by atoms with Crippen molar-refractivity contribution in [3.8, 4) is 0 Å². The van der Waals surface area contributed by atoms with Crippen molar-refractivity contribution in [2.75, 3.05) is 0 Å². The summed E-state index contributed by atoms with van der Waals surface area (Å²) in [4.78, 5) is 14.3. The molecule has 7 rings (SSSR count). The zero-order valence-electron chi connectivity index (χ0n) is 20.6. The molecule has 0 N–H and O–H groups in total. The predicted molar refractivity (Wildman–Crippen MR) is 134 cm³/mol. The highest BCUT2D eigenvalue weighted by Gasteiger charge is 2.73. The number of carboxylic acid groups (broad SMARTS) is 1. The first-order chi connectivity index (χ1) is 19.3. The van der Waals surface area contributed by atoms with Crippen molar-refractivity contribution in [1.29, 1.82) is 0 Å². The van der Waals surface area contributed by atoms with Crippen LogP contribution in [-0.2, 0) is 11.2 Å². The van der Waals surface area contributed by atoms with Gasteiger partial charge in [0.25, 0.3) is 0 Å². The van der Waals surface area contributed by atoms with Crippen molar-refractivity contribution >= 4 is 55.8 Å². The number of nitrogens with zero attached hydrogens (tertiary/aromatic N) is 3. The summed E-state index contributed by atoms with van der Waals surface area (Å²) >= 11 is 0. The van der Waals surface area contributed by atoms with Crippen molar-refractivity contribution in [3.05, 3.63) is 90.1 Å². The zero-order valence-corrected chi connectivity index (χ0v) is 20.6. The van der Waals surface area contributed by atoms with Crippen LogP contribution in [-0.4, -0.2) is 33.4 Å². The molecule has 12 heteroatoms. The molecule has 1 aliphatic carbocycles. The SMILES string of the molecule is C1=CCc2cc3c4cc5c(cc[n+]6c7ccccc7cc56)nc4ccn3c2=C1.O=C([O-])C(F)(F)C(F)(F)C(F)(F)F. The molecule has 41 heavy (non-hydrogen) atoms. The van der Waals surface area contributed by atoms with Gasteiger partial charge < -0.3 is 14.3 Å². The molecule has 1 aromatic carbocycles. The number of hydrogen-bond acceptors (Lipinski definition) is 3. The Kier molecular flexibility index (Phi) is 5.74. The van der Waals surface area contributed by atoms with Crippen LogP contribution in [0.5, 0.6) is 0 Å². The minimum atomic E-state index is -6.64. The monoisotopic (exact) mass is 571 g/mol. The maximum absolute atomic E-state index is 11.7. The van der Waals surface area contributed by atoms with Crippen LogP contribution in [0.2, 0.25) is 0 Å². The third-order valence-corrected chi connectivity index (χ3v) is 7.04. The van der Waals surface area contributed by atoms with E-state index >= 15 is 0 Å². The van der Waals surface area contributed by atoms with Crippen LogP contribution in [0.4, 0.5) is 30.7 Å². The lowest BCUT2D eigenvalue weighted by molar-refractivity contribution is -0.478. The van der Waals surface area contributed by atoms with Crippen LogP contribution >= 0.6 is 0 Å². The van der Waals surface area contributed by atoms with E-state index in [1.807, 2.05) is 0 Å². The summed E-state index contributed by atoms with van der Waals surface area (Å²) in [6.07, 6.45) is 5.19. The minimum absolute atomic E-state index is 0.990. The summed E-state index contributed by atoms with van der Waals surface area (Å²) in [7, 11) is 0. The van der Waals surface area contributed by atoms with Gasteiger partial charge in [0.1, 0.15) is 5.97 Å². The molecule has 0 fully saturated rings. The summed E-state index contributed by atoms with van der Waals surface area (Å²) < 4.78 is 84.8. The van der Waals surface area contributed by atoms with E-state index in [1.165, 1.54) is 43.6 Å². The Morgan fingerprint density at radius 3 is 2.34 bits per heavy atom. The molecule has 0 radical (unpaired) electrons. The summed E-state index contributed by atoms with van der Waals surface area (Å²) in [6, 6.07) is 19.7. The molecule has 5 heterocycles. The highest BCUT2D eigenvalue weighted by Crippen LogP contribution is 2.46. The van der Waals surface area contributed by atoms with E-state index in [9.17, 15) is 40.6 Å². The molecular formula is C29H16F7N3O2. The number of carbonyl (C=O) groups excluding carboxylic acids is 1. The summed E-state index contributed by atoms with van der Waals surface area (Å²) in [5, 5.41) is 14.2. The number of rotatable bonds is 2. The van der Waals surface area contributed by atoms with E-state index in [2.05, 4.69) is 94.0 Å². The van der Waals surface area contributed by atoms with Gasteiger partial charge in [-0.2, -0.15) is 35.1 Å². The first-order valence-electron chi connectivity index (χ1n) is 12.1. The molecule has 0 aliphatic heterocycles. The first-order valence-corrected chi connectivity index (χ1v) is 12.1. The van der Waals surface area contributed by atoms with Crippen LogP contribution < -0.4 is 14.9 Å². The molecule has 5 nitrogen and oxygen atoms in total.